The topological polar surface area (TPSA) is 103 Å². The van der Waals surface area contributed by atoms with Crippen molar-refractivity contribution < 1.29 is 14.3 Å². The molecule has 1 fully saturated rings. The van der Waals surface area contributed by atoms with Gasteiger partial charge in [-0.2, -0.15) is 4.98 Å². The second-order valence-electron chi connectivity index (χ2n) is 7.74. The Morgan fingerprint density at radius 1 is 1.23 bits per heavy atom. The Morgan fingerprint density at radius 2 is 1.97 bits per heavy atom. The number of nitrogens with zero attached hydrogens (tertiary/aromatic N) is 5. The molecule has 10 nitrogen and oxygen atoms in total. The van der Waals surface area contributed by atoms with Crippen molar-refractivity contribution in [2.45, 2.75) is 26.3 Å². The van der Waals surface area contributed by atoms with E-state index in [2.05, 4.69) is 27.2 Å². The molecule has 1 saturated heterocycles. The largest absolute Gasteiger partial charge is 0.497 e. The van der Waals surface area contributed by atoms with E-state index in [0.717, 1.165) is 30.0 Å². The standard InChI is InChI=1S/C21H26N6O4/c1-14-5-4-7-25(12-14)18-6-8-26-20(23-18)24-27(21(26)29)13-19(28)22-15-9-16(30-2)11-17(10-15)31-3/h6,8-11,14H,4-5,7,12-13H2,1-3H3,(H,22,28)/t14-/m0/s1. The van der Waals surface area contributed by atoms with Crippen LogP contribution in [0.1, 0.15) is 19.8 Å². The molecule has 0 radical (unpaired) electrons. The monoisotopic (exact) mass is 426 g/mol. The molecule has 31 heavy (non-hydrogen) atoms. The number of hydrogen-bond donors (Lipinski definition) is 1. The maximum atomic E-state index is 12.6. The van der Waals surface area contributed by atoms with E-state index < -0.39 is 11.6 Å². The van der Waals surface area contributed by atoms with Crippen LogP contribution in [0.25, 0.3) is 5.78 Å². The summed E-state index contributed by atoms with van der Waals surface area (Å²) in [4.78, 5) is 31.9. The van der Waals surface area contributed by atoms with Crippen molar-refractivity contribution in [3.8, 4) is 11.5 Å². The molecule has 1 aromatic carbocycles. The predicted octanol–water partition coefficient (Wildman–Crippen LogP) is 1.78. The van der Waals surface area contributed by atoms with Crippen molar-refractivity contribution in [3.63, 3.8) is 0 Å². The van der Waals surface area contributed by atoms with Crippen LogP contribution in [0.5, 0.6) is 11.5 Å². The average molecular weight is 426 g/mol. The summed E-state index contributed by atoms with van der Waals surface area (Å²) in [5.74, 6) is 2.36. The number of carbonyl (C=O) groups is 1. The zero-order valence-corrected chi connectivity index (χ0v) is 17.9. The van der Waals surface area contributed by atoms with Gasteiger partial charge in [0, 0.05) is 43.2 Å². The Hall–Kier alpha value is -3.56. The lowest BCUT2D eigenvalue weighted by atomic mass is 10.0. The molecule has 3 aromatic rings. The van der Waals surface area contributed by atoms with Gasteiger partial charge < -0.3 is 19.7 Å². The minimum atomic E-state index is -0.417. The molecule has 1 N–H and O–H groups in total. The second kappa shape index (κ2) is 8.66. The summed E-state index contributed by atoms with van der Waals surface area (Å²) < 4.78 is 12.9. The number of amides is 1. The van der Waals surface area contributed by atoms with Crippen LogP contribution in [0.15, 0.2) is 35.3 Å². The predicted molar refractivity (Wildman–Crippen MR) is 116 cm³/mol. The number of rotatable bonds is 6. The molecule has 10 heteroatoms. The number of aromatic nitrogens is 4. The van der Waals surface area contributed by atoms with Crippen LogP contribution in [-0.2, 0) is 11.3 Å². The van der Waals surface area contributed by atoms with Crippen molar-refractivity contribution in [3.05, 3.63) is 40.9 Å². The highest BCUT2D eigenvalue weighted by atomic mass is 16.5. The number of piperidine rings is 1. The van der Waals surface area contributed by atoms with Crippen molar-refractivity contribution >= 4 is 23.2 Å². The maximum absolute atomic E-state index is 12.6. The third-order valence-corrected chi connectivity index (χ3v) is 5.35. The summed E-state index contributed by atoms with van der Waals surface area (Å²) in [6, 6.07) is 6.86. The minimum absolute atomic E-state index is 0.238. The van der Waals surface area contributed by atoms with Crippen molar-refractivity contribution in [1.82, 2.24) is 19.2 Å². The van der Waals surface area contributed by atoms with Gasteiger partial charge >= 0.3 is 5.69 Å². The zero-order chi connectivity index (χ0) is 22.0. The van der Waals surface area contributed by atoms with E-state index >= 15 is 0 Å². The molecule has 3 heterocycles. The Bertz CT molecular complexity index is 1130. The number of methoxy groups -OCH3 is 2. The van der Waals surface area contributed by atoms with Gasteiger partial charge in [-0.25, -0.2) is 13.9 Å². The van der Waals surface area contributed by atoms with Crippen LogP contribution in [-0.4, -0.2) is 52.4 Å². The van der Waals surface area contributed by atoms with Crippen LogP contribution in [0.4, 0.5) is 11.5 Å². The fraction of sp³-hybridized carbons (Fsp3) is 0.429. The molecule has 0 spiro atoms. The molecule has 2 aromatic heterocycles. The molecule has 1 atom stereocenters. The molecule has 4 rings (SSSR count). The number of carbonyl (C=O) groups excluding carboxylic acids is 1. The van der Waals surface area contributed by atoms with Gasteiger partial charge in [-0.3, -0.25) is 4.79 Å². The Kier molecular flexibility index (Phi) is 5.79. The molecular formula is C21H26N6O4. The smallest absolute Gasteiger partial charge is 0.352 e. The van der Waals surface area contributed by atoms with Crippen molar-refractivity contribution in [2.24, 2.45) is 5.92 Å². The number of fused-ring (bicyclic) bond motifs is 1. The molecule has 1 amide bonds. The molecular weight excluding hydrogens is 400 g/mol. The number of benzene rings is 1. The maximum Gasteiger partial charge on any atom is 0.352 e. The summed E-state index contributed by atoms with van der Waals surface area (Å²) in [6.45, 7) is 3.85. The summed E-state index contributed by atoms with van der Waals surface area (Å²) in [5.41, 5.74) is 0.0806. The van der Waals surface area contributed by atoms with Crippen LogP contribution < -0.4 is 25.4 Å². The minimum Gasteiger partial charge on any atom is -0.497 e. The Labute approximate surface area is 179 Å². The first kappa shape index (κ1) is 20.7. The van der Waals surface area contributed by atoms with E-state index in [0.29, 0.717) is 23.1 Å². The molecule has 0 saturated carbocycles. The summed E-state index contributed by atoms with van der Waals surface area (Å²) in [7, 11) is 3.06. The zero-order valence-electron chi connectivity index (χ0n) is 17.9. The normalized spacial score (nSPS) is 16.4. The molecule has 1 aliphatic rings. The average Bonchev–Trinajstić information content (AvgIpc) is 3.07. The molecule has 0 bridgehead atoms. The van der Waals surface area contributed by atoms with E-state index in [1.165, 1.54) is 25.0 Å². The van der Waals surface area contributed by atoms with Crippen LogP contribution in [0.2, 0.25) is 0 Å². The lowest BCUT2D eigenvalue weighted by Crippen LogP contribution is -2.34. The van der Waals surface area contributed by atoms with Gasteiger partial charge in [0.25, 0.3) is 5.78 Å². The van der Waals surface area contributed by atoms with Gasteiger partial charge in [0.2, 0.25) is 5.91 Å². The highest BCUT2D eigenvalue weighted by Gasteiger charge is 2.19. The number of hydrogen-bond acceptors (Lipinski definition) is 7. The van der Waals surface area contributed by atoms with Crippen LogP contribution in [0.3, 0.4) is 0 Å². The quantitative estimate of drug-likeness (QED) is 0.641. The van der Waals surface area contributed by atoms with Gasteiger partial charge in [-0.05, 0) is 24.8 Å². The first-order valence-electron chi connectivity index (χ1n) is 10.2. The molecule has 164 valence electrons. The van der Waals surface area contributed by atoms with Gasteiger partial charge in [-0.1, -0.05) is 6.92 Å². The lowest BCUT2D eigenvalue weighted by molar-refractivity contribution is -0.117. The molecule has 0 aliphatic carbocycles. The lowest BCUT2D eigenvalue weighted by Gasteiger charge is -2.31. The van der Waals surface area contributed by atoms with E-state index in [9.17, 15) is 9.59 Å². The summed E-state index contributed by atoms with van der Waals surface area (Å²) in [5, 5.41) is 7.00. The van der Waals surface area contributed by atoms with E-state index in [-0.39, 0.29) is 12.3 Å². The number of ether oxygens (including phenoxy) is 2. The van der Waals surface area contributed by atoms with Gasteiger partial charge in [0.15, 0.2) is 0 Å². The van der Waals surface area contributed by atoms with Crippen LogP contribution >= 0.6 is 0 Å². The first-order valence-corrected chi connectivity index (χ1v) is 10.2. The van der Waals surface area contributed by atoms with Crippen LogP contribution in [0, 0.1) is 5.92 Å². The first-order chi connectivity index (χ1) is 15.0. The fourth-order valence-electron chi connectivity index (χ4n) is 3.79. The fourth-order valence-corrected chi connectivity index (χ4v) is 3.79. The van der Waals surface area contributed by atoms with Gasteiger partial charge in [0.05, 0.1) is 14.2 Å². The Morgan fingerprint density at radius 3 is 2.65 bits per heavy atom. The third-order valence-electron chi connectivity index (χ3n) is 5.35. The summed E-state index contributed by atoms with van der Waals surface area (Å²) >= 11 is 0. The molecule has 0 unspecified atom stereocenters. The van der Waals surface area contributed by atoms with Gasteiger partial charge in [-0.15, -0.1) is 5.10 Å². The highest BCUT2D eigenvalue weighted by molar-refractivity contribution is 5.91. The van der Waals surface area contributed by atoms with E-state index in [1.54, 1.807) is 24.4 Å². The van der Waals surface area contributed by atoms with Crippen molar-refractivity contribution in [2.75, 3.05) is 37.5 Å². The van der Waals surface area contributed by atoms with E-state index in [4.69, 9.17) is 9.47 Å². The van der Waals surface area contributed by atoms with Gasteiger partial charge in [0.1, 0.15) is 23.9 Å². The SMILES string of the molecule is COc1cc(NC(=O)Cn2nc3nc(N4CCC[C@H](C)C4)ccn3c2=O)cc(OC)c1. The van der Waals surface area contributed by atoms with Crippen molar-refractivity contribution in [1.29, 1.82) is 0 Å². The molecule has 1 aliphatic heterocycles. The second-order valence-corrected chi connectivity index (χ2v) is 7.74. The summed E-state index contributed by atoms with van der Waals surface area (Å²) in [6.07, 6.45) is 3.99. The highest BCUT2D eigenvalue weighted by Crippen LogP contribution is 2.25. The third kappa shape index (κ3) is 4.47. The Balaban J connectivity index is 1.52. The van der Waals surface area contributed by atoms with E-state index in [1.807, 2.05) is 6.07 Å². The number of nitrogens with one attached hydrogen (secondary N) is 1. The number of anilines is 2.